The minimum absolute atomic E-state index is 0.102. The van der Waals surface area contributed by atoms with Gasteiger partial charge in [-0.25, -0.2) is 0 Å². The number of halogens is 2. The first-order chi connectivity index (χ1) is 12.1. The SMILES string of the molecule is C=C(C(C)=O)C(c1cc(-c2ccc(Cl)cc2Cl)no1)C(C(C)=O)C(C)=O. The molecule has 0 fully saturated rings. The standard InChI is InChI=1S/C19H17Cl2NO4/c1-9(10(2)23)18(19(11(3)24)12(4)25)17-8-16(22-26-17)14-6-5-13(20)7-15(14)21/h5-8,18-19H,1H2,2-4H3. The zero-order chi connectivity index (χ0) is 19.6. The Balaban J connectivity index is 2.55. The maximum absolute atomic E-state index is 12.0. The molecule has 0 aliphatic heterocycles. The van der Waals surface area contributed by atoms with E-state index in [0.29, 0.717) is 21.3 Å². The highest BCUT2D eigenvalue weighted by atomic mass is 35.5. The van der Waals surface area contributed by atoms with Crippen LogP contribution >= 0.6 is 23.2 Å². The Morgan fingerprint density at radius 3 is 2.19 bits per heavy atom. The van der Waals surface area contributed by atoms with Crippen LogP contribution in [0.15, 0.2) is 40.9 Å². The number of nitrogens with zero attached hydrogens (tertiary/aromatic N) is 1. The number of hydrogen-bond acceptors (Lipinski definition) is 5. The second-order valence-corrected chi connectivity index (χ2v) is 6.84. The van der Waals surface area contributed by atoms with E-state index in [2.05, 4.69) is 11.7 Å². The average Bonchev–Trinajstić information content (AvgIpc) is 2.99. The van der Waals surface area contributed by atoms with Gasteiger partial charge in [0, 0.05) is 16.7 Å². The summed E-state index contributed by atoms with van der Waals surface area (Å²) >= 11 is 12.1. The summed E-state index contributed by atoms with van der Waals surface area (Å²) in [5.41, 5.74) is 1.07. The van der Waals surface area contributed by atoms with Gasteiger partial charge in [-0.2, -0.15) is 0 Å². The van der Waals surface area contributed by atoms with Gasteiger partial charge in [-0.05, 0) is 44.5 Å². The number of Topliss-reactive ketones (excluding diaryl/α,β-unsaturated/α-hetero) is 3. The highest BCUT2D eigenvalue weighted by Gasteiger charge is 2.37. The van der Waals surface area contributed by atoms with Crippen molar-refractivity contribution in [2.45, 2.75) is 26.7 Å². The summed E-state index contributed by atoms with van der Waals surface area (Å²) < 4.78 is 5.36. The van der Waals surface area contributed by atoms with Crippen molar-refractivity contribution in [1.82, 2.24) is 5.16 Å². The Bertz CT molecular complexity index is 887. The van der Waals surface area contributed by atoms with Crippen LogP contribution in [0, 0.1) is 5.92 Å². The van der Waals surface area contributed by atoms with Crippen molar-refractivity contribution in [1.29, 1.82) is 0 Å². The van der Waals surface area contributed by atoms with E-state index in [-0.39, 0.29) is 28.7 Å². The van der Waals surface area contributed by atoms with Gasteiger partial charge in [0.2, 0.25) is 0 Å². The smallest absolute Gasteiger partial charge is 0.155 e. The Hall–Kier alpha value is -2.24. The van der Waals surface area contributed by atoms with Gasteiger partial charge >= 0.3 is 0 Å². The van der Waals surface area contributed by atoms with Crippen LogP contribution in [0.4, 0.5) is 0 Å². The fraction of sp³-hybridized carbons (Fsp3) is 0.263. The molecule has 26 heavy (non-hydrogen) atoms. The molecule has 2 rings (SSSR count). The average molecular weight is 394 g/mol. The number of rotatable bonds is 7. The Kier molecular flexibility index (Phi) is 6.16. The third kappa shape index (κ3) is 4.11. The molecule has 1 atom stereocenters. The molecule has 1 heterocycles. The molecule has 0 saturated carbocycles. The van der Waals surface area contributed by atoms with Crippen LogP contribution in [0.2, 0.25) is 10.0 Å². The van der Waals surface area contributed by atoms with Crippen molar-refractivity contribution in [2.24, 2.45) is 5.92 Å². The van der Waals surface area contributed by atoms with Crippen LogP contribution < -0.4 is 0 Å². The summed E-state index contributed by atoms with van der Waals surface area (Å²) in [5, 5.41) is 4.80. The van der Waals surface area contributed by atoms with Gasteiger partial charge < -0.3 is 4.52 Å². The molecule has 0 aliphatic carbocycles. The van der Waals surface area contributed by atoms with Crippen LogP contribution in [0.25, 0.3) is 11.3 Å². The van der Waals surface area contributed by atoms with Crippen LogP contribution in [-0.2, 0) is 14.4 Å². The second kappa shape index (κ2) is 7.98. The van der Waals surface area contributed by atoms with Crippen molar-refractivity contribution in [3.63, 3.8) is 0 Å². The zero-order valence-electron chi connectivity index (χ0n) is 14.5. The van der Waals surface area contributed by atoms with E-state index in [4.69, 9.17) is 27.7 Å². The predicted molar refractivity (Wildman–Crippen MR) is 99.4 cm³/mol. The lowest BCUT2D eigenvalue weighted by Crippen LogP contribution is -2.29. The zero-order valence-corrected chi connectivity index (χ0v) is 16.0. The van der Waals surface area contributed by atoms with Gasteiger partial charge in [0.25, 0.3) is 0 Å². The number of hydrogen-bond donors (Lipinski definition) is 0. The first-order valence-electron chi connectivity index (χ1n) is 7.76. The van der Waals surface area contributed by atoms with Crippen LogP contribution in [-0.4, -0.2) is 22.5 Å². The summed E-state index contributed by atoms with van der Waals surface area (Å²) in [5.74, 6) is -2.91. The topological polar surface area (TPSA) is 77.2 Å². The minimum Gasteiger partial charge on any atom is -0.360 e. The lowest BCUT2D eigenvalue weighted by Gasteiger charge is -2.21. The highest BCUT2D eigenvalue weighted by Crippen LogP contribution is 2.37. The molecular formula is C19H17Cl2NO4. The van der Waals surface area contributed by atoms with Crippen molar-refractivity contribution >= 4 is 40.6 Å². The van der Waals surface area contributed by atoms with E-state index in [0.717, 1.165) is 0 Å². The van der Waals surface area contributed by atoms with Crippen molar-refractivity contribution in [2.75, 3.05) is 0 Å². The van der Waals surface area contributed by atoms with Crippen molar-refractivity contribution in [3.8, 4) is 11.3 Å². The first-order valence-corrected chi connectivity index (χ1v) is 8.51. The summed E-state index contributed by atoms with van der Waals surface area (Å²) in [6.45, 7) is 7.64. The number of allylic oxidation sites excluding steroid dienone is 1. The fourth-order valence-electron chi connectivity index (χ4n) is 2.77. The number of carbonyl (C=O) groups excluding carboxylic acids is 3. The summed E-state index contributed by atoms with van der Waals surface area (Å²) in [6, 6.07) is 6.44. The lowest BCUT2D eigenvalue weighted by molar-refractivity contribution is -0.131. The van der Waals surface area contributed by atoms with Crippen molar-refractivity contribution in [3.05, 3.63) is 52.2 Å². The van der Waals surface area contributed by atoms with Gasteiger partial charge in [0.1, 0.15) is 23.0 Å². The normalized spacial score (nSPS) is 12.1. The van der Waals surface area contributed by atoms with Gasteiger partial charge in [-0.1, -0.05) is 34.9 Å². The molecule has 1 unspecified atom stereocenters. The molecule has 1 aromatic carbocycles. The Morgan fingerprint density at radius 2 is 1.69 bits per heavy atom. The van der Waals surface area contributed by atoms with Gasteiger partial charge in [0.15, 0.2) is 5.78 Å². The van der Waals surface area contributed by atoms with E-state index in [9.17, 15) is 14.4 Å². The molecule has 0 N–H and O–H groups in total. The van der Waals surface area contributed by atoms with Crippen LogP contribution in [0.3, 0.4) is 0 Å². The predicted octanol–water partition coefficient (Wildman–Crippen LogP) is 4.67. The summed E-state index contributed by atoms with van der Waals surface area (Å²) in [6.07, 6.45) is 0. The fourth-order valence-corrected chi connectivity index (χ4v) is 3.28. The molecule has 0 aliphatic rings. The monoisotopic (exact) mass is 393 g/mol. The summed E-state index contributed by atoms with van der Waals surface area (Å²) in [7, 11) is 0. The molecule has 0 amide bonds. The van der Waals surface area contributed by atoms with E-state index in [1.54, 1.807) is 24.3 Å². The van der Waals surface area contributed by atoms with Gasteiger partial charge in [-0.15, -0.1) is 0 Å². The number of carbonyl (C=O) groups is 3. The second-order valence-electron chi connectivity index (χ2n) is 6.00. The Labute approximate surface area is 161 Å². The van der Waals surface area contributed by atoms with E-state index in [1.807, 2.05) is 0 Å². The lowest BCUT2D eigenvalue weighted by atomic mass is 9.78. The number of aromatic nitrogens is 1. The molecule has 0 radical (unpaired) electrons. The van der Waals surface area contributed by atoms with Gasteiger partial charge in [-0.3, -0.25) is 14.4 Å². The van der Waals surface area contributed by atoms with Crippen LogP contribution in [0.1, 0.15) is 32.4 Å². The first kappa shape index (κ1) is 20.1. The molecular weight excluding hydrogens is 377 g/mol. The van der Waals surface area contributed by atoms with Crippen LogP contribution in [0.5, 0.6) is 0 Å². The van der Waals surface area contributed by atoms with E-state index >= 15 is 0 Å². The highest BCUT2D eigenvalue weighted by molar-refractivity contribution is 6.36. The third-order valence-electron chi connectivity index (χ3n) is 4.08. The minimum atomic E-state index is -1.08. The van der Waals surface area contributed by atoms with E-state index in [1.165, 1.54) is 20.8 Å². The largest absolute Gasteiger partial charge is 0.360 e. The summed E-state index contributed by atoms with van der Waals surface area (Å²) in [4.78, 5) is 35.9. The number of benzene rings is 1. The maximum Gasteiger partial charge on any atom is 0.155 e. The molecule has 7 heteroatoms. The molecule has 0 saturated heterocycles. The molecule has 5 nitrogen and oxygen atoms in total. The molecule has 0 spiro atoms. The maximum atomic E-state index is 12.0. The third-order valence-corrected chi connectivity index (χ3v) is 4.63. The quantitative estimate of drug-likeness (QED) is 0.504. The molecule has 1 aromatic heterocycles. The Morgan fingerprint density at radius 1 is 1.08 bits per heavy atom. The van der Waals surface area contributed by atoms with Crippen molar-refractivity contribution < 1.29 is 18.9 Å². The van der Waals surface area contributed by atoms with Gasteiger partial charge in [0.05, 0.1) is 16.9 Å². The molecule has 0 bridgehead atoms. The van der Waals surface area contributed by atoms with E-state index < -0.39 is 11.8 Å². The molecule has 2 aromatic rings. The number of ketones is 3. The molecule has 136 valence electrons.